The molecule has 1 aromatic carbocycles. The van der Waals surface area contributed by atoms with Gasteiger partial charge < -0.3 is 29.4 Å². The number of nitrogens with zero attached hydrogens (tertiary/aromatic N) is 5. The molecule has 2 aromatic heterocycles. The van der Waals surface area contributed by atoms with Crippen molar-refractivity contribution in [2.45, 2.75) is 26.0 Å². The number of aromatic amines is 1. The van der Waals surface area contributed by atoms with Crippen LogP contribution in [-0.2, 0) is 9.47 Å². The fraction of sp³-hybridized carbons (Fsp3) is 0.500. The molecule has 1 unspecified atom stereocenters. The Morgan fingerprint density at radius 1 is 1.10 bits per heavy atom. The fourth-order valence-corrected chi connectivity index (χ4v) is 4.10. The summed E-state index contributed by atoms with van der Waals surface area (Å²) in [6.07, 6.45) is -0.540. The van der Waals surface area contributed by atoms with Gasteiger partial charge in [0.15, 0.2) is 17.0 Å². The van der Waals surface area contributed by atoms with Crippen LogP contribution in [0.25, 0.3) is 22.6 Å². The van der Waals surface area contributed by atoms with Gasteiger partial charge in [0.1, 0.15) is 5.82 Å². The second-order valence-electron chi connectivity index (χ2n) is 8.15. The molecule has 0 radical (unpaired) electrons. The van der Waals surface area contributed by atoms with Crippen molar-refractivity contribution in [3.05, 3.63) is 29.8 Å². The van der Waals surface area contributed by atoms with Gasteiger partial charge in [-0.15, -0.1) is 0 Å². The molecule has 0 spiro atoms. The van der Waals surface area contributed by atoms with Crippen molar-refractivity contribution in [3.63, 3.8) is 0 Å². The summed E-state index contributed by atoms with van der Waals surface area (Å²) in [5.41, 5.74) is 3.22. The quantitative estimate of drug-likeness (QED) is 0.657. The average Bonchev–Trinajstić information content (AvgIpc) is 3.24. The van der Waals surface area contributed by atoms with Crippen LogP contribution in [0.4, 0.5) is 11.8 Å². The molecule has 4 heterocycles. The van der Waals surface area contributed by atoms with E-state index in [1.807, 2.05) is 24.3 Å². The fourth-order valence-electron chi connectivity index (χ4n) is 4.10. The van der Waals surface area contributed by atoms with E-state index in [1.165, 1.54) is 0 Å². The predicted molar refractivity (Wildman–Crippen MR) is 118 cm³/mol. The first kappa shape index (κ1) is 20.2. The number of hydrogen-bond donors (Lipinski definition) is 2. The Bertz CT molecular complexity index is 1060. The molecule has 5 rings (SSSR count). The minimum Gasteiger partial charge on any atom is -0.389 e. The number of benzene rings is 1. The Morgan fingerprint density at radius 3 is 2.68 bits per heavy atom. The Hall–Kier alpha value is -2.75. The summed E-state index contributed by atoms with van der Waals surface area (Å²) in [6, 6.07) is 7.98. The molecule has 9 nitrogen and oxygen atoms in total. The van der Waals surface area contributed by atoms with Gasteiger partial charge >= 0.3 is 0 Å². The number of hydrogen-bond acceptors (Lipinski definition) is 8. The van der Waals surface area contributed by atoms with Crippen molar-refractivity contribution in [2.24, 2.45) is 0 Å². The maximum absolute atomic E-state index is 9.97. The molecular formula is C22H28N6O3. The van der Waals surface area contributed by atoms with E-state index in [1.54, 1.807) is 6.92 Å². The lowest BCUT2D eigenvalue weighted by Crippen LogP contribution is -2.44. The van der Waals surface area contributed by atoms with E-state index in [0.717, 1.165) is 42.1 Å². The molecule has 2 fully saturated rings. The average molecular weight is 425 g/mol. The van der Waals surface area contributed by atoms with Crippen molar-refractivity contribution < 1.29 is 14.6 Å². The molecule has 0 bridgehead atoms. The van der Waals surface area contributed by atoms with Crippen LogP contribution in [0, 0.1) is 0 Å². The standard InChI is InChI=1S/C22H28N6O3/c1-14-13-31-11-8-28(14)21-18-20(25-22(26-21)27-6-9-30-10-7-27)24-19(23-18)17-5-3-4-16(12-17)15(2)29/h3-5,12,14-15,29H,6-11,13H2,1-2H3,(H,23,24,25,26)/t14-,15?/m0/s1. The maximum atomic E-state index is 9.97. The third kappa shape index (κ3) is 3.96. The highest BCUT2D eigenvalue weighted by Crippen LogP contribution is 2.31. The lowest BCUT2D eigenvalue weighted by atomic mass is 10.1. The summed E-state index contributed by atoms with van der Waals surface area (Å²) < 4.78 is 11.1. The van der Waals surface area contributed by atoms with Gasteiger partial charge in [-0.2, -0.15) is 9.97 Å². The monoisotopic (exact) mass is 424 g/mol. The number of nitrogens with one attached hydrogen (secondary N) is 1. The van der Waals surface area contributed by atoms with E-state index in [2.05, 4.69) is 21.7 Å². The number of aliphatic hydroxyl groups is 1. The zero-order valence-electron chi connectivity index (χ0n) is 17.9. The summed E-state index contributed by atoms with van der Waals surface area (Å²) in [4.78, 5) is 22.5. The molecule has 2 aliphatic heterocycles. The van der Waals surface area contributed by atoms with Crippen LogP contribution < -0.4 is 9.80 Å². The molecule has 0 saturated carbocycles. The Kier molecular flexibility index (Phi) is 5.47. The Balaban J connectivity index is 1.62. The van der Waals surface area contributed by atoms with Gasteiger partial charge in [0.25, 0.3) is 0 Å². The number of anilines is 2. The molecule has 2 atom stereocenters. The molecule has 3 aromatic rings. The Labute approximate surface area is 181 Å². The molecule has 2 aliphatic rings. The molecule has 0 amide bonds. The smallest absolute Gasteiger partial charge is 0.229 e. The third-order valence-electron chi connectivity index (χ3n) is 5.89. The number of rotatable bonds is 4. The first-order valence-corrected chi connectivity index (χ1v) is 10.8. The highest BCUT2D eigenvalue weighted by molar-refractivity contribution is 5.87. The van der Waals surface area contributed by atoms with Gasteiger partial charge in [-0.25, -0.2) is 4.98 Å². The van der Waals surface area contributed by atoms with Crippen molar-refractivity contribution in [3.8, 4) is 11.4 Å². The van der Waals surface area contributed by atoms with E-state index in [4.69, 9.17) is 24.4 Å². The van der Waals surface area contributed by atoms with Crippen LogP contribution in [-0.4, -0.2) is 77.1 Å². The van der Waals surface area contributed by atoms with Crippen molar-refractivity contribution in [1.82, 2.24) is 19.9 Å². The van der Waals surface area contributed by atoms with E-state index in [-0.39, 0.29) is 6.04 Å². The van der Waals surface area contributed by atoms with E-state index in [9.17, 15) is 5.11 Å². The summed E-state index contributed by atoms with van der Waals surface area (Å²) in [5.74, 6) is 2.24. The lowest BCUT2D eigenvalue weighted by molar-refractivity contribution is 0.0986. The first-order valence-electron chi connectivity index (χ1n) is 10.8. The van der Waals surface area contributed by atoms with E-state index >= 15 is 0 Å². The van der Waals surface area contributed by atoms with Gasteiger partial charge in [-0.1, -0.05) is 18.2 Å². The Morgan fingerprint density at radius 2 is 1.90 bits per heavy atom. The van der Waals surface area contributed by atoms with Crippen molar-refractivity contribution >= 4 is 22.9 Å². The summed E-state index contributed by atoms with van der Waals surface area (Å²) in [5, 5.41) is 9.97. The molecule has 2 N–H and O–H groups in total. The van der Waals surface area contributed by atoms with E-state index in [0.29, 0.717) is 43.8 Å². The zero-order chi connectivity index (χ0) is 21.4. The number of imidazole rings is 1. The van der Waals surface area contributed by atoms with Gasteiger partial charge in [0.05, 0.1) is 38.6 Å². The third-order valence-corrected chi connectivity index (χ3v) is 5.89. The molecule has 2 saturated heterocycles. The number of aromatic nitrogens is 4. The summed E-state index contributed by atoms with van der Waals surface area (Å²) in [7, 11) is 0. The minimum absolute atomic E-state index is 0.197. The van der Waals surface area contributed by atoms with Crippen LogP contribution in [0.2, 0.25) is 0 Å². The van der Waals surface area contributed by atoms with Crippen LogP contribution in [0.15, 0.2) is 24.3 Å². The van der Waals surface area contributed by atoms with Gasteiger partial charge in [0.2, 0.25) is 5.95 Å². The van der Waals surface area contributed by atoms with Crippen molar-refractivity contribution in [2.75, 3.05) is 55.9 Å². The van der Waals surface area contributed by atoms with Gasteiger partial charge in [-0.3, -0.25) is 0 Å². The van der Waals surface area contributed by atoms with Crippen LogP contribution >= 0.6 is 0 Å². The molecule has 9 heteroatoms. The zero-order valence-corrected chi connectivity index (χ0v) is 17.9. The largest absolute Gasteiger partial charge is 0.389 e. The minimum atomic E-state index is -0.540. The molecule has 0 aliphatic carbocycles. The van der Waals surface area contributed by atoms with Gasteiger partial charge in [0, 0.05) is 25.2 Å². The first-order chi connectivity index (χ1) is 15.1. The second kappa shape index (κ2) is 8.41. The summed E-state index contributed by atoms with van der Waals surface area (Å²) >= 11 is 0. The highest BCUT2D eigenvalue weighted by Gasteiger charge is 2.27. The number of ether oxygens (including phenoxy) is 2. The highest BCUT2D eigenvalue weighted by atomic mass is 16.5. The normalized spacial score (nSPS) is 20.9. The number of H-pyrrole nitrogens is 1. The second-order valence-corrected chi connectivity index (χ2v) is 8.15. The van der Waals surface area contributed by atoms with Crippen LogP contribution in [0.3, 0.4) is 0 Å². The number of morpholine rings is 2. The number of aliphatic hydroxyl groups excluding tert-OH is 1. The number of fused-ring (bicyclic) bond motifs is 1. The van der Waals surface area contributed by atoms with E-state index < -0.39 is 6.10 Å². The topological polar surface area (TPSA) is 99.6 Å². The molecule has 164 valence electrons. The molecule has 31 heavy (non-hydrogen) atoms. The van der Waals surface area contributed by atoms with Gasteiger partial charge in [-0.05, 0) is 25.5 Å². The SMILES string of the molecule is CC(O)c1cccc(-c2nc3c(N4CCOC[C@@H]4C)nc(N4CCOCC4)nc3[nH]2)c1. The predicted octanol–water partition coefficient (Wildman–Crippen LogP) is 2.13. The van der Waals surface area contributed by atoms with Crippen LogP contribution in [0.1, 0.15) is 25.5 Å². The van der Waals surface area contributed by atoms with Crippen molar-refractivity contribution in [1.29, 1.82) is 0 Å². The van der Waals surface area contributed by atoms with Crippen LogP contribution in [0.5, 0.6) is 0 Å². The maximum Gasteiger partial charge on any atom is 0.229 e. The molecular weight excluding hydrogens is 396 g/mol. The summed E-state index contributed by atoms with van der Waals surface area (Å²) in [6.45, 7) is 8.85. The lowest BCUT2D eigenvalue weighted by Gasteiger charge is -2.35.